The molecule has 0 fully saturated rings. The lowest BCUT2D eigenvalue weighted by molar-refractivity contribution is 0.0222. The van der Waals surface area contributed by atoms with Crippen molar-refractivity contribution in [1.82, 2.24) is 5.48 Å². The molecule has 19 heavy (non-hydrogen) atoms. The molecule has 0 aliphatic carbocycles. The predicted octanol–water partition coefficient (Wildman–Crippen LogP) is 1.84. The second-order valence-electron chi connectivity index (χ2n) is 3.65. The molecule has 0 amide bonds. The highest BCUT2D eigenvalue weighted by molar-refractivity contribution is 5.89. The molecule has 6 nitrogen and oxygen atoms in total. The van der Waals surface area contributed by atoms with Crippen molar-refractivity contribution in [3.63, 3.8) is 0 Å². The number of carbonyl (C=O) groups is 2. The number of benzene rings is 1. The molecule has 0 atom stereocenters. The van der Waals surface area contributed by atoms with Crippen molar-refractivity contribution in [1.29, 1.82) is 0 Å². The Balaban J connectivity index is 1.83. The molecule has 1 aromatic carbocycles. The third kappa shape index (κ3) is 3.43. The number of carbonyl (C=O) groups excluding carboxylic acids is 1. The topological polar surface area (TPSA) is 88.8 Å². The van der Waals surface area contributed by atoms with E-state index in [-0.39, 0.29) is 12.3 Å². The molecule has 0 spiro atoms. The van der Waals surface area contributed by atoms with Crippen molar-refractivity contribution in [2.75, 3.05) is 0 Å². The summed E-state index contributed by atoms with van der Waals surface area (Å²) >= 11 is 0. The van der Waals surface area contributed by atoms with Crippen LogP contribution in [-0.2, 0) is 11.4 Å². The smallest absolute Gasteiger partial charge is 0.371 e. The first-order valence-electron chi connectivity index (χ1n) is 5.48. The maximum atomic E-state index is 11.5. The third-order valence-electron chi connectivity index (χ3n) is 2.29. The molecule has 2 N–H and O–H groups in total. The quantitative estimate of drug-likeness (QED) is 0.798. The van der Waals surface area contributed by atoms with E-state index in [1.807, 2.05) is 0 Å². The number of hydrogen-bond donors (Lipinski definition) is 2. The van der Waals surface area contributed by atoms with Crippen LogP contribution in [0.5, 0.6) is 0 Å². The minimum atomic E-state index is -1.15. The van der Waals surface area contributed by atoms with E-state index >= 15 is 0 Å². The van der Waals surface area contributed by atoms with Gasteiger partial charge in [0.1, 0.15) is 5.76 Å². The molecular weight excluding hydrogens is 250 g/mol. The van der Waals surface area contributed by atoms with E-state index in [4.69, 9.17) is 14.4 Å². The minimum Gasteiger partial charge on any atom is -0.475 e. The Morgan fingerprint density at radius 1 is 1.16 bits per heavy atom. The van der Waals surface area contributed by atoms with E-state index in [2.05, 4.69) is 5.48 Å². The van der Waals surface area contributed by atoms with Gasteiger partial charge in [0, 0.05) is 0 Å². The second kappa shape index (κ2) is 5.83. The summed E-state index contributed by atoms with van der Waals surface area (Å²) in [5.74, 6) is -1.47. The highest BCUT2D eigenvalue weighted by atomic mass is 16.7. The zero-order valence-electron chi connectivity index (χ0n) is 9.83. The van der Waals surface area contributed by atoms with E-state index in [1.165, 1.54) is 12.1 Å². The molecule has 0 saturated heterocycles. The second-order valence-corrected chi connectivity index (χ2v) is 3.65. The molecule has 0 unspecified atom stereocenters. The Labute approximate surface area is 108 Å². The zero-order chi connectivity index (χ0) is 13.7. The molecule has 6 heteroatoms. The molecular formula is C13H11NO5. The van der Waals surface area contributed by atoms with E-state index in [9.17, 15) is 9.59 Å². The lowest BCUT2D eigenvalue weighted by Crippen LogP contribution is -2.19. The fraction of sp³-hybridized carbons (Fsp3) is 0.0769. The van der Waals surface area contributed by atoms with Gasteiger partial charge in [0.15, 0.2) is 0 Å². The highest BCUT2D eigenvalue weighted by Gasteiger charge is 2.10. The van der Waals surface area contributed by atoms with Gasteiger partial charge in [0.05, 0.1) is 12.1 Å². The van der Waals surface area contributed by atoms with Crippen LogP contribution in [0.3, 0.4) is 0 Å². The number of hydroxylamine groups is 1. The standard InChI is InChI=1S/C13H11NO5/c15-12(16)11-7-6-10(18-11)8-14-19-13(17)9-4-2-1-3-5-9/h1-7,14H,8H2,(H,15,16). The minimum absolute atomic E-state index is 0.0891. The van der Waals surface area contributed by atoms with Crippen LogP contribution in [-0.4, -0.2) is 17.0 Å². The van der Waals surface area contributed by atoms with Gasteiger partial charge in [-0.15, -0.1) is 5.48 Å². The molecule has 98 valence electrons. The molecule has 0 saturated carbocycles. The molecule has 2 aromatic rings. The lowest BCUT2D eigenvalue weighted by Gasteiger charge is -2.03. The van der Waals surface area contributed by atoms with E-state index in [0.29, 0.717) is 11.3 Å². The molecule has 0 aliphatic rings. The number of furan rings is 1. The van der Waals surface area contributed by atoms with Gasteiger partial charge in [0.25, 0.3) is 0 Å². The first-order chi connectivity index (χ1) is 9.16. The fourth-order valence-electron chi connectivity index (χ4n) is 1.39. The van der Waals surface area contributed by atoms with Gasteiger partial charge in [-0.25, -0.2) is 9.59 Å². The summed E-state index contributed by atoms with van der Waals surface area (Å²) in [5, 5.41) is 8.66. The van der Waals surface area contributed by atoms with Crippen LogP contribution >= 0.6 is 0 Å². The number of nitrogens with one attached hydrogen (secondary N) is 1. The number of rotatable bonds is 5. The summed E-state index contributed by atoms with van der Waals surface area (Å²) < 4.78 is 4.98. The number of carboxylic acids is 1. The molecule has 0 aliphatic heterocycles. The number of aromatic carboxylic acids is 1. The van der Waals surface area contributed by atoms with Crippen LogP contribution in [0.4, 0.5) is 0 Å². The van der Waals surface area contributed by atoms with E-state index in [0.717, 1.165) is 0 Å². The molecule has 1 heterocycles. The first-order valence-corrected chi connectivity index (χ1v) is 5.48. The average molecular weight is 261 g/mol. The largest absolute Gasteiger partial charge is 0.475 e. The van der Waals surface area contributed by atoms with Crippen LogP contribution in [0.1, 0.15) is 26.7 Å². The normalized spacial score (nSPS) is 10.1. The summed E-state index contributed by atoms with van der Waals surface area (Å²) in [5.41, 5.74) is 2.83. The summed E-state index contributed by atoms with van der Waals surface area (Å²) in [6.07, 6.45) is 0. The van der Waals surface area contributed by atoms with Gasteiger partial charge in [-0.1, -0.05) is 18.2 Å². The molecule has 0 radical (unpaired) electrons. The summed E-state index contributed by atoms with van der Waals surface area (Å²) in [4.78, 5) is 26.9. The Hall–Kier alpha value is -2.60. The Bertz CT molecular complexity index is 576. The molecule has 0 bridgehead atoms. The maximum absolute atomic E-state index is 11.5. The SMILES string of the molecule is O=C(ONCc1ccc(C(=O)O)o1)c1ccccc1. The van der Waals surface area contributed by atoms with Crippen molar-refractivity contribution in [2.45, 2.75) is 6.54 Å². The van der Waals surface area contributed by atoms with Crippen molar-refractivity contribution in [3.8, 4) is 0 Å². The highest BCUT2D eigenvalue weighted by Crippen LogP contribution is 2.07. The van der Waals surface area contributed by atoms with E-state index in [1.54, 1.807) is 30.3 Å². The van der Waals surface area contributed by atoms with Crippen LogP contribution in [0.2, 0.25) is 0 Å². The van der Waals surface area contributed by atoms with Crippen molar-refractivity contribution >= 4 is 11.9 Å². The number of hydrogen-bond acceptors (Lipinski definition) is 5. The summed E-state index contributed by atoms with van der Waals surface area (Å²) in [6.45, 7) is 0.0891. The first kappa shape index (κ1) is 12.8. The maximum Gasteiger partial charge on any atom is 0.371 e. The number of carboxylic acid groups (broad SMARTS) is 1. The molecule has 2 rings (SSSR count). The monoisotopic (exact) mass is 261 g/mol. The predicted molar refractivity (Wildman–Crippen MR) is 64.4 cm³/mol. The fourth-order valence-corrected chi connectivity index (χ4v) is 1.39. The summed E-state index contributed by atoms with van der Waals surface area (Å²) in [7, 11) is 0. The van der Waals surface area contributed by atoms with Crippen LogP contribution in [0.15, 0.2) is 46.9 Å². The van der Waals surface area contributed by atoms with Gasteiger partial charge < -0.3 is 14.4 Å². The lowest BCUT2D eigenvalue weighted by atomic mass is 10.2. The Morgan fingerprint density at radius 2 is 1.89 bits per heavy atom. The molecule has 1 aromatic heterocycles. The van der Waals surface area contributed by atoms with Crippen molar-refractivity contribution in [3.05, 3.63) is 59.5 Å². The van der Waals surface area contributed by atoms with Crippen LogP contribution in [0, 0.1) is 0 Å². The van der Waals surface area contributed by atoms with Gasteiger partial charge in [-0.2, -0.15) is 0 Å². The van der Waals surface area contributed by atoms with Gasteiger partial charge in [-0.3, -0.25) is 0 Å². The van der Waals surface area contributed by atoms with Gasteiger partial charge >= 0.3 is 11.9 Å². The van der Waals surface area contributed by atoms with Crippen LogP contribution < -0.4 is 5.48 Å². The van der Waals surface area contributed by atoms with Crippen molar-refractivity contribution < 1.29 is 24.0 Å². The van der Waals surface area contributed by atoms with Crippen molar-refractivity contribution in [2.24, 2.45) is 0 Å². The van der Waals surface area contributed by atoms with Crippen LogP contribution in [0.25, 0.3) is 0 Å². The Morgan fingerprint density at radius 3 is 2.53 bits per heavy atom. The van der Waals surface area contributed by atoms with E-state index < -0.39 is 11.9 Å². The zero-order valence-corrected chi connectivity index (χ0v) is 9.83. The third-order valence-corrected chi connectivity index (χ3v) is 2.29. The average Bonchev–Trinajstić information content (AvgIpc) is 2.89. The Kier molecular flexibility index (Phi) is 3.94. The van der Waals surface area contributed by atoms with Gasteiger partial charge in [0.2, 0.25) is 5.76 Å². The summed E-state index contributed by atoms with van der Waals surface area (Å²) in [6, 6.07) is 11.3. The van der Waals surface area contributed by atoms with Gasteiger partial charge in [-0.05, 0) is 24.3 Å².